The van der Waals surface area contributed by atoms with E-state index in [-0.39, 0.29) is 34.7 Å². The number of carbonyl (C=O) groups is 1. The molecule has 0 aliphatic heterocycles. The number of benzene rings is 1. The number of nitro groups is 1. The van der Waals surface area contributed by atoms with Crippen molar-refractivity contribution in [2.24, 2.45) is 5.41 Å². The average Bonchev–Trinajstić information content (AvgIpc) is 3.06. The summed E-state index contributed by atoms with van der Waals surface area (Å²) in [4.78, 5) is 23.1. The molecule has 124 valence electrons. The van der Waals surface area contributed by atoms with Gasteiger partial charge in [-0.2, -0.15) is 0 Å². The second kappa shape index (κ2) is 6.28. The lowest BCUT2D eigenvalue weighted by molar-refractivity contribution is -0.385. The Morgan fingerprint density at radius 1 is 1.39 bits per heavy atom. The Morgan fingerprint density at radius 2 is 2.09 bits per heavy atom. The van der Waals surface area contributed by atoms with Gasteiger partial charge in [0.1, 0.15) is 5.56 Å². The fourth-order valence-electron chi connectivity index (χ4n) is 4.15. The molecule has 0 aromatic heterocycles. The number of para-hydroxylation sites is 1. The lowest BCUT2D eigenvalue weighted by Gasteiger charge is -2.54. The van der Waals surface area contributed by atoms with Crippen LogP contribution in [0.4, 0.5) is 5.69 Å². The Hall–Kier alpha value is -1.95. The predicted octanol–water partition coefficient (Wildman–Crippen LogP) is 3.06. The first-order valence-electron chi connectivity index (χ1n) is 8.24. The van der Waals surface area contributed by atoms with Crippen molar-refractivity contribution in [3.05, 3.63) is 39.9 Å². The van der Waals surface area contributed by atoms with Gasteiger partial charge >= 0.3 is 0 Å². The maximum atomic E-state index is 12.5. The third kappa shape index (κ3) is 2.72. The molecule has 1 aromatic carbocycles. The Balaban J connectivity index is 1.75. The van der Waals surface area contributed by atoms with Crippen LogP contribution in [0, 0.1) is 15.5 Å². The highest BCUT2D eigenvalue weighted by Gasteiger charge is 2.57. The van der Waals surface area contributed by atoms with E-state index in [4.69, 9.17) is 4.74 Å². The van der Waals surface area contributed by atoms with Crippen molar-refractivity contribution in [3.8, 4) is 0 Å². The van der Waals surface area contributed by atoms with Gasteiger partial charge in [-0.05, 0) is 32.3 Å². The lowest BCUT2D eigenvalue weighted by Crippen LogP contribution is -2.63. The van der Waals surface area contributed by atoms with E-state index in [9.17, 15) is 14.9 Å². The highest BCUT2D eigenvalue weighted by molar-refractivity contribution is 5.98. The monoisotopic (exact) mass is 318 g/mol. The van der Waals surface area contributed by atoms with Gasteiger partial charge in [0.25, 0.3) is 11.6 Å². The molecule has 6 heteroatoms. The van der Waals surface area contributed by atoms with Gasteiger partial charge in [0.15, 0.2) is 0 Å². The third-order valence-corrected chi connectivity index (χ3v) is 5.34. The first-order chi connectivity index (χ1) is 11.1. The number of nitro benzene ring substituents is 1. The SMILES string of the molecule is CCOC1CC(NC(=O)c2ccccc2[N+](=O)[O-])C12CCCC2. The van der Waals surface area contributed by atoms with E-state index < -0.39 is 4.92 Å². The van der Waals surface area contributed by atoms with Crippen molar-refractivity contribution in [1.29, 1.82) is 0 Å². The molecule has 1 aromatic rings. The summed E-state index contributed by atoms with van der Waals surface area (Å²) in [6.07, 6.45) is 5.41. The molecule has 1 amide bonds. The number of hydrogen-bond acceptors (Lipinski definition) is 4. The topological polar surface area (TPSA) is 81.5 Å². The van der Waals surface area contributed by atoms with E-state index in [1.54, 1.807) is 12.1 Å². The molecule has 0 heterocycles. The zero-order chi connectivity index (χ0) is 16.4. The Morgan fingerprint density at radius 3 is 2.74 bits per heavy atom. The van der Waals surface area contributed by atoms with Crippen LogP contribution in [0.25, 0.3) is 0 Å². The van der Waals surface area contributed by atoms with Crippen LogP contribution in [-0.2, 0) is 4.74 Å². The molecule has 0 saturated heterocycles. The van der Waals surface area contributed by atoms with Gasteiger partial charge in [-0.3, -0.25) is 14.9 Å². The van der Waals surface area contributed by atoms with Gasteiger partial charge in [0.05, 0.1) is 11.0 Å². The van der Waals surface area contributed by atoms with Crippen LogP contribution in [0.15, 0.2) is 24.3 Å². The minimum atomic E-state index is -0.510. The van der Waals surface area contributed by atoms with Crippen LogP contribution < -0.4 is 5.32 Å². The number of carbonyl (C=O) groups excluding carboxylic acids is 1. The maximum Gasteiger partial charge on any atom is 0.282 e. The number of ether oxygens (including phenoxy) is 1. The van der Waals surface area contributed by atoms with E-state index in [1.807, 2.05) is 6.92 Å². The average molecular weight is 318 g/mol. The van der Waals surface area contributed by atoms with Crippen molar-refractivity contribution in [2.45, 2.75) is 51.2 Å². The summed E-state index contributed by atoms with van der Waals surface area (Å²) in [6.45, 7) is 2.67. The first kappa shape index (κ1) is 15.9. The van der Waals surface area contributed by atoms with Gasteiger partial charge in [-0.1, -0.05) is 25.0 Å². The maximum absolute atomic E-state index is 12.5. The molecule has 23 heavy (non-hydrogen) atoms. The van der Waals surface area contributed by atoms with Crippen LogP contribution in [0.5, 0.6) is 0 Å². The standard InChI is InChI=1S/C17H22N2O4/c1-2-23-15-11-14(17(15)9-5-6-10-17)18-16(20)12-7-3-4-8-13(12)19(21)22/h3-4,7-8,14-15H,2,5-6,9-11H2,1H3,(H,18,20). The molecular weight excluding hydrogens is 296 g/mol. The van der Waals surface area contributed by atoms with Crippen molar-refractivity contribution in [1.82, 2.24) is 5.32 Å². The number of rotatable bonds is 5. The van der Waals surface area contributed by atoms with Crippen LogP contribution in [0.3, 0.4) is 0 Å². The van der Waals surface area contributed by atoms with Crippen molar-refractivity contribution in [2.75, 3.05) is 6.61 Å². The van der Waals surface area contributed by atoms with E-state index in [0.717, 1.165) is 32.1 Å². The van der Waals surface area contributed by atoms with Crippen LogP contribution in [0.1, 0.15) is 49.4 Å². The molecular formula is C17H22N2O4. The third-order valence-electron chi connectivity index (χ3n) is 5.34. The second-order valence-electron chi connectivity index (χ2n) is 6.42. The fraction of sp³-hybridized carbons (Fsp3) is 0.588. The number of amides is 1. The summed E-state index contributed by atoms with van der Waals surface area (Å²) < 4.78 is 5.84. The van der Waals surface area contributed by atoms with Gasteiger partial charge in [-0.25, -0.2) is 0 Å². The molecule has 1 N–H and O–H groups in total. The molecule has 6 nitrogen and oxygen atoms in total. The van der Waals surface area contributed by atoms with Gasteiger partial charge < -0.3 is 10.1 Å². The molecule has 2 aliphatic rings. The van der Waals surface area contributed by atoms with E-state index >= 15 is 0 Å². The largest absolute Gasteiger partial charge is 0.378 e. The first-order valence-corrected chi connectivity index (χ1v) is 8.24. The van der Waals surface area contributed by atoms with E-state index in [2.05, 4.69) is 5.32 Å². The minimum Gasteiger partial charge on any atom is -0.378 e. The summed E-state index contributed by atoms with van der Waals surface area (Å²) >= 11 is 0. The fourth-order valence-corrected chi connectivity index (χ4v) is 4.15. The van der Waals surface area contributed by atoms with Crippen LogP contribution in [0.2, 0.25) is 0 Å². The molecule has 2 atom stereocenters. The molecule has 2 fully saturated rings. The zero-order valence-electron chi connectivity index (χ0n) is 13.3. The van der Waals surface area contributed by atoms with Crippen molar-refractivity contribution < 1.29 is 14.5 Å². The smallest absolute Gasteiger partial charge is 0.282 e. The molecule has 0 bridgehead atoms. The van der Waals surface area contributed by atoms with Gasteiger partial charge in [0.2, 0.25) is 0 Å². The number of nitrogens with one attached hydrogen (secondary N) is 1. The van der Waals surface area contributed by atoms with Gasteiger partial charge in [0, 0.05) is 24.1 Å². The Bertz CT molecular complexity index is 610. The highest BCUT2D eigenvalue weighted by Crippen LogP contribution is 2.54. The normalized spacial score (nSPS) is 25.1. The molecule has 2 saturated carbocycles. The Kier molecular flexibility index (Phi) is 4.35. The highest BCUT2D eigenvalue weighted by atomic mass is 16.6. The quantitative estimate of drug-likeness (QED) is 0.668. The summed E-state index contributed by atoms with van der Waals surface area (Å²) in [5.41, 5.74) is 0.00606. The second-order valence-corrected chi connectivity index (χ2v) is 6.42. The summed E-state index contributed by atoms with van der Waals surface area (Å²) in [7, 11) is 0. The number of nitrogens with zero attached hydrogens (tertiary/aromatic N) is 1. The molecule has 3 rings (SSSR count). The molecule has 2 unspecified atom stereocenters. The van der Waals surface area contributed by atoms with Crippen LogP contribution >= 0.6 is 0 Å². The van der Waals surface area contributed by atoms with Gasteiger partial charge in [-0.15, -0.1) is 0 Å². The van der Waals surface area contributed by atoms with Crippen LogP contribution in [-0.4, -0.2) is 29.6 Å². The summed E-state index contributed by atoms with van der Waals surface area (Å²) in [5, 5.41) is 14.1. The molecule has 0 radical (unpaired) electrons. The predicted molar refractivity (Wildman–Crippen MR) is 85.3 cm³/mol. The number of hydrogen-bond donors (Lipinski definition) is 1. The van der Waals surface area contributed by atoms with Crippen molar-refractivity contribution >= 4 is 11.6 Å². The zero-order valence-corrected chi connectivity index (χ0v) is 13.3. The molecule has 1 spiro atoms. The van der Waals surface area contributed by atoms with Crippen molar-refractivity contribution in [3.63, 3.8) is 0 Å². The molecule has 2 aliphatic carbocycles. The van der Waals surface area contributed by atoms with E-state index in [0.29, 0.717) is 6.61 Å². The lowest BCUT2D eigenvalue weighted by atomic mass is 9.60. The summed E-state index contributed by atoms with van der Waals surface area (Å²) in [6, 6.07) is 6.14. The summed E-state index contributed by atoms with van der Waals surface area (Å²) in [5.74, 6) is -0.358. The minimum absolute atomic E-state index is 0.0230. The Labute approximate surface area is 135 Å². The van der Waals surface area contributed by atoms with E-state index in [1.165, 1.54) is 12.1 Å².